The van der Waals surface area contributed by atoms with E-state index in [1.807, 2.05) is 6.92 Å². The molecule has 0 amide bonds. The Morgan fingerprint density at radius 3 is 2.73 bits per heavy atom. The van der Waals surface area contributed by atoms with Gasteiger partial charge in [-0.25, -0.2) is 0 Å². The van der Waals surface area contributed by atoms with Crippen molar-refractivity contribution in [3.63, 3.8) is 0 Å². The predicted molar refractivity (Wildman–Crippen MR) is 45.1 cm³/mol. The quantitative estimate of drug-likeness (QED) is 0.526. The summed E-state index contributed by atoms with van der Waals surface area (Å²) >= 11 is 0. The molecule has 1 saturated carbocycles. The van der Waals surface area contributed by atoms with Crippen LogP contribution in [0.15, 0.2) is 11.6 Å². The summed E-state index contributed by atoms with van der Waals surface area (Å²) in [5, 5.41) is 9.54. The molecule has 2 rings (SSSR count). The van der Waals surface area contributed by atoms with Gasteiger partial charge in [-0.1, -0.05) is 19.9 Å². The molecule has 62 valence electrons. The first-order valence-corrected chi connectivity index (χ1v) is 4.40. The highest BCUT2D eigenvalue weighted by atomic mass is 16.3. The van der Waals surface area contributed by atoms with Gasteiger partial charge >= 0.3 is 0 Å². The average Bonchev–Trinajstić information content (AvgIpc) is 2.39. The second-order valence-electron chi connectivity index (χ2n) is 4.62. The highest BCUT2D eigenvalue weighted by Crippen LogP contribution is 2.63. The first-order chi connectivity index (χ1) is 5.03. The van der Waals surface area contributed by atoms with Gasteiger partial charge in [0.15, 0.2) is 0 Å². The molecule has 2 aliphatic rings. The van der Waals surface area contributed by atoms with Gasteiger partial charge in [0.2, 0.25) is 0 Å². The highest BCUT2D eigenvalue weighted by Gasteiger charge is 2.58. The molecule has 0 bridgehead atoms. The second kappa shape index (κ2) is 1.89. The van der Waals surface area contributed by atoms with Gasteiger partial charge in [0.1, 0.15) is 0 Å². The van der Waals surface area contributed by atoms with Crippen molar-refractivity contribution in [3.8, 4) is 0 Å². The molecule has 0 aromatic carbocycles. The van der Waals surface area contributed by atoms with Crippen molar-refractivity contribution in [3.05, 3.63) is 11.6 Å². The number of aliphatic hydroxyl groups excluding tert-OH is 1. The van der Waals surface area contributed by atoms with Gasteiger partial charge in [-0.15, -0.1) is 0 Å². The van der Waals surface area contributed by atoms with Crippen molar-refractivity contribution in [2.75, 3.05) is 0 Å². The molecule has 3 atom stereocenters. The maximum Gasteiger partial charge on any atom is 0.0750 e. The summed E-state index contributed by atoms with van der Waals surface area (Å²) in [5.74, 6) is 1.51. The molecule has 0 aromatic rings. The second-order valence-corrected chi connectivity index (χ2v) is 4.62. The van der Waals surface area contributed by atoms with Crippen LogP contribution in [0.3, 0.4) is 0 Å². The number of fused-ring (bicyclic) bond motifs is 1. The standard InChI is InChI=1S/C10H16O/c1-6-4-7-8(5-9(6)11)10(7,2)3/h4,7-9,11H,5H2,1-3H3/t7-,8-,9?/m0/s1. The normalized spacial score (nSPS) is 46.2. The minimum Gasteiger partial charge on any atom is -0.389 e. The topological polar surface area (TPSA) is 20.2 Å². The van der Waals surface area contributed by atoms with Crippen LogP contribution >= 0.6 is 0 Å². The van der Waals surface area contributed by atoms with E-state index in [2.05, 4.69) is 19.9 Å². The molecule has 0 radical (unpaired) electrons. The van der Waals surface area contributed by atoms with Gasteiger partial charge in [-0.05, 0) is 36.2 Å². The fourth-order valence-corrected chi connectivity index (χ4v) is 2.39. The zero-order valence-electron chi connectivity index (χ0n) is 7.46. The lowest BCUT2D eigenvalue weighted by molar-refractivity contribution is 0.182. The molecular formula is C10H16O. The lowest BCUT2D eigenvalue weighted by Gasteiger charge is -2.14. The molecule has 1 fully saturated rings. The van der Waals surface area contributed by atoms with Gasteiger partial charge in [-0.3, -0.25) is 0 Å². The van der Waals surface area contributed by atoms with Crippen molar-refractivity contribution < 1.29 is 5.11 Å². The van der Waals surface area contributed by atoms with Crippen molar-refractivity contribution in [2.24, 2.45) is 17.3 Å². The van der Waals surface area contributed by atoms with Gasteiger partial charge in [0.25, 0.3) is 0 Å². The Labute approximate surface area is 68.1 Å². The van der Waals surface area contributed by atoms with Gasteiger partial charge in [0.05, 0.1) is 6.10 Å². The monoisotopic (exact) mass is 152 g/mol. The predicted octanol–water partition coefficient (Wildman–Crippen LogP) is 1.97. The molecule has 11 heavy (non-hydrogen) atoms. The molecule has 0 spiro atoms. The molecule has 0 aliphatic heterocycles. The van der Waals surface area contributed by atoms with Gasteiger partial charge in [-0.2, -0.15) is 0 Å². The highest BCUT2D eigenvalue weighted by molar-refractivity contribution is 5.25. The van der Waals surface area contributed by atoms with E-state index in [-0.39, 0.29) is 6.10 Å². The zero-order valence-corrected chi connectivity index (χ0v) is 7.46. The first-order valence-electron chi connectivity index (χ1n) is 4.40. The summed E-state index contributed by atoms with van der Waals surface area (Å²) < 4.78 is 0. The number of hydrogen-bond acceptors (Lipinski definition) is 1. The van der Waals surface area contributed by atoms with Crippen LogP contribution < -0.4 is 0 Å². The van der Waals surface area contributed by atoms with Crippen molar-refractivity contribution in [1.29, 1.82) is 0 Å². The molecular weight excluding hydrogens is 136 g/mol. The number of rotatable bonds is 0. The van der Waals surface area contributed by atoms with Crippen LogP contribution in [-0.2, 0) is 0 Å². The van der Waals surface area contributed by atoms with Crippen molar-refractivity contribution >= 4 is 0 Å². The van der Waals surface area contributed by atoms with E-state index in [1.165, 1.54) is 5.57 Å². The smallest absolute Gasteiger partial charge is 0.0750 e. The van der Waals surface area contributed by atoms with Crippen LogP contribution in [0.5, 0.6) is 0 Å². The molecule has 0 saturated heterocycles. The fourth-order valence-electron chi connectivity index (χ4n) is 2.39. The Morgan fingerprint density at radius 2 is 2.18 bits per heavy atom. The van der Waals surface area contributed by atoms with E-state index in [9.17, 15) is 5.11 Å². The summed E-state index contributed by atoms with van der Waals surface area (Å²) in [6.07, 6.45) is 3.09. The third kappa shape index (κ3) is 0.871. The minimum atomic E-state index is -0.155. The zero-order chi connectivity index (χ0) is 8.22. The largest absolute Gasteiger partial charge is 0.389 e. The lowest BCUT2D eigenvalue weighted by Crippen LogP contribution is -2.13. The number of allylic oxidation sites excluding steroid dienone is 1. The Kier molecular flexibility index (Phi) is 1.26. The first kappa shape index (κ1) is 7.35. The van der Waals surface area contributed by atoms with Crippen molar-refractivity contribution in [2.45, 2.75) is 33.3 Å². The van der Waals surface area contributed by atoms with Crippen molar-refractivity contribution in [1.82, 2.24) is 0 Å². The number of aliphatic hydroxyl groups is 1. The van der Waals surface area contributed by atoms with Crippen LogP contribution in [0.2, 0.25) is 0 Å². The van der Waals surface area contributed by atoms with Crippen LogP contribution in [0.1, 0.15) is 27.2 Å². The van der Waals surface area contributed by atoms with E-state index in [1.54, 1.807) is 0 Å². The molecule has 2 aliphatic carbocycles. The Bertz CT molecular complexity index is 215. The summed E-state index contributed by atoms with van der Waals surface area (Å²) in [6, 6.07) is 0. The Morgan fingerprint density at radius 1 is 1.55 bits per heavy atom. The summed E-state index contributed by atoms with van der Waals surface area (Å²) in [4.78, 5) is 0. The van der Waals surface area contributed by atoms with E-state index in [0.29, 0.717) is 5.41 Å². The summed E-state index contributed by atoms with van der Waals surface area (Å²) in [5.41, 5.74) is 1.65. The summed E-state index contributed by atoms with van der Waals surface area (Å²) in [6.45, 7) is 6.63. The van der Waals surface area contributed by atoms with E-state index in [4.69, 9.17) is 0 Å². The van der Waals surface area contributed by atoms with Crippen LogP contribution in [0.4, 0.5) is 0 Å². The average molecular weight is 152 g/mol. The molecule has 0 heterocycles. The molecule has 0 aromatic heterocycles. The maximum absolute atomic E-state index is 9.54. The Hall–Kier alpha value is -0.300. The third-order valence-corrected chi connectivity index (χ3v) is 3.58. The Balaban J connectivity index is 2.22. The van der Waals surface area contributed by atoms with Gasteiger partial charge in [0, 0.05) is 0 Å². The van der Waals surface area contributed by atoms with Crippen LogP contribution in [-0.4, -0.2) is 11.2 Å². The van der Waals surface area contributed by atoms with E-state index >= 15 is 0 Å². The SMILES string of the molecule is CC1=C[C@H]2[C@H](CC1O)C2(C)C. The number of hydrogen-bond donors (Lipinski definition) is 1. The molecule has 1 heteroatoms. The fraction of sp³-hybridized carbons (Fsp3) is 0.800. The third-order valence-electron chi connectivity index (χ3n) is 3.58. The minimum absolute atomic E-state index is 0.155. The molecule has 1 unspecified atom stereocenters. The van der Waals surface area contributed by atoms with E-state index in [0.717, 1.165) is 18.3 Å². The molecule has 1 nitrogen and oxygen atoms in total. The maximum atomic E-state index is 9.54. The van der Waals surface area contributed by atoms with Crippen LogP contribution in [0, 0.1) is 17.3 Å². The summed E-state index contributed by atoms with van der Waals surface area (Å²) in [7, 11) is 0. The lowest BCUT2D eigenvalue weighted by atomic mass is 9.98. The molecule has 1 N–H and O–H groups in total. The van der Waals surface area contributed by atoms with Gasteiger partial charge < -0.3 is 5.11 Å². The van der Waals surface area contributed by atoms with E-state index < -0.39 is 0 Å². The van der Waals surface area contributed by atoms with Crippen LogP contribution in [0.25, 0.3) is 0 Å².